The van der Waals surface area contributed by atoms with Gasteiger partial charge in [-0.15, -0.1) is 0 Å². The van der Waals surface area contributed by atoms with Gasteiger partial charge < -0.3 is 44.1 Å². The summed E-state index contributed by atoms with van der Waals surface area (Å²) in [5.41, 5.74) is 0.589. The third-order valence-electron chi connectivity index (χ3n) is 8.11. The van der Waals surface area contributed by atoms with Gasteiger partial charge in [-0.2, -0.15) is 4.31 Å². The van der Waals surface area contributed by atoms with E-state index < -0.39 is 66.7 Å². The predicted octanol–water partition coefficient (Wildman–Crippen LogP) is 2.81. The molecule has 2 aliphatic heterocycles. The molecular formula is C32H45N2O14PS. The minimum absolute atomic E-state index is 0.00970. The van der Waals surface area contributed by atoms with Crippen molar-refractivity contribution in [1.82, 2.24) is 9.62 Å². The van der Waals surface area contributed by atoms with E-state index in [1.165, 1.54) is 47.8 Å². The summed E-state index contributed by atoms with van der Waals surface area (Å²) in [6.45, 7) is 5.17. The van der Waals surface area contributed by atoms with Crippen molar-refractivity contribution < 1.29 is 65.9 Å². The minimum atomic E-state index is -4.39. The van der Waals surface area contributed by atoms with Crippen molar-refractivity contribution >= 4 is 29.7 Å². The highest BCUT2D eigenvalue weighted by Gasteiger charge is 2.44. The first-order chi connectivity index (χ1) is 23.6. The van der Waals surface area contributed by atoms with Crippen molar-refractivity contribution in [1.29, 1.82) is 0 Å². The summed E-state index contributed by atoms with van der Waals surface area (Å²) in [6.07, 6.45) is -4.86. The predicted molar refractivity (Wildman–Crippen MR) is 177 cm³/mol. The molecule has 0 saturated carbocycles. The SMILES string of the molecule is COc1ccc(S(=O)(=O)N(CC(C)C)C[C@@H](O)[C@H](Cc2ccc(OCP(=O)(O)O[C@H](C)C(=O)O)cc2)NC(=O)O[C@H]2CO[C@H]3OCC[C@H]32)cc1. The monoisotopic (exact) mass is 744 g/mol. The summed E-state index contributed by atoms with van der Waals surface area (Å²) in [5.74, 6) is -0.984. The van der Waals surface area contributed by atoms with Crippen molar-refractivity contribution in [2.45, 2.75) is 69.2 Å². The molecular weight excluding hydrogens is 699 g/mol. The van der Waals surface area contributed by atoms with E-state index in [0.29, 0.717) is 24.3 Å². The lowest BCUT2D eigenvalue weighted by Gasteiger charge is -2.31. The van der Waals surface area contributed by atoms with Gasteiger partial charge in [-0.3, -0.25) is 9.09 Å². The van der Waals surface area contributed by atoms with Crippen LogP contribution in [0.4, 0.5) is 4.79 Å². The number of carboxylic acids is 1. The van der Waals surface area contributed by atoms with Gasteiger partial charge in [-0.25, -0.2) is 18.0 Å². The highest BCUT2D eigenvalue weighted by molar-refractivity contribution is 7.89. The Morgan fingerprint density at radius 1 is 1.04 bits per heavy atom. The summed E-state index contributed by atoms with van der Waals surface area (Å²) in [7, 11) is -7.00. The van der Waals surface area contributed by atoms with E-state index in [2.05, 4.69) is 9.84 Å². The zero-order valence-electron chi connectivity index (χ0n) is 28.2. The van der Waals surface area contributed by atoms with Crippen LogP contribution >= 0.6 is 7.60 Å². The lowest BCUT2D eigenvalue weighted by Crippen LogP contribution is -2.51. The number of aliphatic hydroxyl groups excluding tert-OH is 1. The second kappa shape index (κ2) is 17.3. The molecule has 278 valence electrons. The van der Waals surface area contributed by atoms with Crippen molar-refractivity contribution in [2.75, 3.05) is 39.8 Å². The van der Waals surface area contributed by atoms with Crippen molar-refractivity contribution in [3.8, 4) is 11.5 Å². The number of carbonyl (C=O) groups excluding carboxylic acids is 1. The summed E-state index contributed by atoms with van der Waals surface area (Å²) >= 11 is 0. The molecule has 0 aliphatic carbocycles. The molecule has 2 aliphatic rings. The number of benzene rings is 2. The van der Waals surface area contributed by atoms with E-state index in [9.17, 15) is 32.6 Å². The number of nitrogens with one attached hydrogen (secondary N) is 1. The molecule has 2 aromatic carbocycles. The molecule has 4 rings (SSSR count). The van der Waals surface area contributed by atoms with E-state index in [0.717, 1.165) is 6.92 Å². The van der Waals surface area contributed by atoms with E-state index in [-0.39, 0.29) is 48.6 Å². The molecule has 16 nitrogen and oxygen atoms in total. The number of amides is 1. The molecule has 4 N–H and O–H groups in total. The summed E-state index contributed by atoms with van der Waals surface area (Å²) in [5, 5.41) is 23.2. The van der Waals surface area contributed by atoms with E-state index in [4.69, 9.17) is 28.8 Å². The van der Waals surface area contributed by atoms with E-state index >= 15 is 0 Å². The maximum atomic E-state index is 13.8. The van der Waals surface area contributed by atoms with Crippen LogP contribution in [0.5, 0.6) is 11.5 Å². The number of nitrogens with zero attached hydrogens (tertiary/aromatic N) is 1. The third-order valence-corrected chi connectivity index (χ3v) is 11.1. The zero-order chi connectivity index (χ0) is 36.6. The number of rotatable bonds is 18. The van der Waals surface area contributed by atoms with Gasteiger partial charge in [0.05, 0.1) is 43.3 Å². The quantitative estimate of drug-likeness (QED) is 0.162. The zero-order valence-corrected chi connectivity index (χ0v) is 30.0. The van der Waals surface area contributed by atoms with Gasteiger partial charge in [0.15, 0.2) is 18.7 Å². The number of hydrogen-bond donors (Lipinski definition) is 4. The average molecular weight is 745 g/mol. The molecule has 2 fully saturated rings. The van der Waals surface area contributed by atoms with Crippen molar-refractivity contribution in [3.05, 3.63) is 54.1 Å². The van der Waals surface area contributed by atoms with Gasteiger partial charge in [0.25, 0.3) is 0 Å². The number of aliphatic hydroxyl groups is 1. The molecule has 2 heterocycles. The fourth-order valence-corrected chi connectivity index (χ4v) is 8.10. The number of fused-ring (bicyclic) bond motifs is 1. The highest BCUT2D eigenvalue weighted by Crippen LogP contribution is 2.43. The van der Waals surface area contributed by atoms with Crippen LogP contribution in [0.3, 0.4) is 0 Å². The number of methoxy groups -OCH3 is 1. The lowest BCUT2D eigenvalue weighted by molar-refractivity contribution is -0.144. The minimum Gasteiger partial charge on any atom is -0.497 e. The molecule has 1 amide bonds. The van der Waals surface area contributed by atoms with Crippen LogP contribution < -0.4 is 14.8 Å². The van der Waals surface area contributed by atoms with Crippen molar-refractivity contribution in [2.24, 2.45) is 11.8 Å². The number of hydrogen-bond acceptors (Lipinski definition) is 12. The van der Waals surface area contributed by atoms with Gasteiger partial charge in [-0.05, 0) is 67.6 Å². The standard InChI is InChI=1S/C32H45N2O14PS/c1-20(2)16-34(50(41,42)25-11-9-23(43-4)10-12-25)17-28(35)27(33-32(38)47-29-18-45-31-26(29)13-14-44-31)15-22-5-7-24(8-6-22)46-19-49(39,40)48-21(3)30(36)37/h5-12,20-21,26-29,31,35H,13-19H2,1-4H3,(H,33,38)(H,36,37)(H,39,40)/t21-,26+,27+,28-,29+,31-/m1/s1. The largest absolute Gasteiger partial charge is 0.497 e. The molecule has 18 heteroatoms. The van der Waals surface area contributed by atoms with Crippen LogP contribution in [0, 0.1) is 11.8 Å². The number of alkyl carbamates (subject to hydrolysis) is 1. The summed E-state index contributed by atoms with van der Waals surface area (Å²) < 4.78 is 72.8. The maximum Gasteiger partial charge on any atom is 0.407 e. The van der Waals surface area contributed by atoms with Crippen LogP contribution in [0.15, 0.2) is 53.4 Å². The van der Waals surface area contributed by atoms with Crippen LogP contribution in [0.25, 0.3) is 0 Å². The maximum absolute atomic E-state index is 13.8. The fourth-order valence-electron chi connectivity index (χ4n) is 5.52. The Morgan fingerprint density at radius 3 is 2.32 bits per heavy atom. The topological polar surface area (TPSA) is 217 Å². The molecule has 2 aromatic rings. The number of aliphatic carboxylic acids is 1. The average Bonchev–Trinajstić information content (AvgIpc) is 3.68. The molecule has 50 heavy (non-hydrogen) atoms. The Hall–Kier alpha value is -3.28. The van der Waals surface area contributed by atoms with Crippen LogP contribution in [0.1, 0.15) is 32.8 Å². The molecule has 1 unspecified atom stereocenters. The van der Waals surface area contributed by atoms with Crippen LogP contribution in [-0.2, 0) is 44.5 Å². The van der Waals surface area contributed by atoms with Crippen LogP contribution in [-0.4, -0.2) is 110 Å². The number of sulfonamides is 1. The molecule has 0 radical (unpaired) electrons. The first-order valence-electron chi connectivity index (χ1n) is 16.1. The summed E-state index contributed by atoms with van der Waals surface area (Å²) in [4.78, 5) is 34.1. The molecule has 2 saturated heterocycles. The first-order valence-corrected chi connectivity index (χ1v) is 19.3. The first kappa shape index (κ1) is 39.5. The number of carboxylic acid groups (broad SMARTS) is 1. The molecule has 0 bridgehead atoms. The second-order valence-corrected chi connectivity index (χ2v) is 16.2. The second-order valence-electron chi connectivity index (χ2n) is 12.5. The lowest BCUT2D eigenvalue weighted by atomic mass is 10.0. The van der Waals surface area contributed by atoms with E-state index in [1.807, 2.05) is 13.8 Å². The van der Waals surface area contributed by atoms with Gasteiger partial charge in [-0.1, -0.05) is 26.0 Å². The normalized spacial score (nSPS) is 22.0. The van der Waals surface area contributed by atoms with E-state index in [1.54, 1.807) is 12.1 Å². The molecule has 0 aromatic heterocycles. The molecule has 0 spiro atoms. The van der Waals surface area contributed by atoms with Gasteiger partial charge in [0.1, 0.15) is 17.6 Å². The van der Waals surface area contributed by atoms with Gasteiger partial charge in [0, 0.05) is 13.1 Å². The molecule has 7 atom stereocenters. The number of ether oxygens (including phenoxy) is 5. The Bertz CT molecular complexity index is 1590. The summed E-state index contributed by atoms with van der Waals surface area (Å²) in [6, 6.07) is 11.0. The van der Waals surface area contributed by atoms with Crippen LogP contribution in [0.2, 0.25) is 0 Å². The third kappa shape index (κ3) is 10.9. The Balaban J connectivity index is 1.50. The van der Waals surface area contributed by atoms with Gasteiger partial charge in [0.2, 0.25) is 10.0 Å². The Kier molecular flexibility index (Phi) is 13.7. The smallest absolute Gasteiger partial charge is 0.407 e. The Morgan fingerprint density at radius 2 is 1.70 bits per heavy atom. The van der Waals surface area contributed by atoms with Gasteiger partial charge >= 0.3 is 19.7 Å². The highest BCUT2D eigenvalue weighted by atomic mass is 32.2. The van der Waals surface area contributed by atoms with Crippen molar-refractivity contribution in [3.63, 3.8) is 0 Å². The Labute approximate surface area is 291 Å². The fraction of sp³-hybridized carbons (Fsp3) is 0.562. The number of carbonyl (C=O) groups is 2.